The fourth-order valence-corrected chi connectivity index (χ4v) is 2.64. The molecule has 132 valence electrons. The second kappa shape index (κ2) is 7.34. The van der Waals surface area contributed by atoms with E-state index in [1.54, 1.807) is 19.2 Å². The zero-order valence-corrected chi connectivity index (χ0v) is 14.5. The molecule has 0 fully saturated rings. The summed E-state index contributed by atoms with van der Waals surface area (Å²) in [4.78, 5) is 12.4. The van der Waals surface area contributed by atoms with Crippen LogP contribution < -0.4 is 18.9 Å². The first kappa shape index (κ1) is 17.0. The van der Waals surface area contributed by atoms with Crippen molar-refractivity contribution in [2.45, 2.75) is 13.5 Å². The van der Waals surface area contributed by atoms with Crippen molar-refractivity contribution in [3.8, 4) is 23.0 Å². The summed E-state index contributed by atoms with van der Waals surface area (Å²) >= 11 is 0. The van der Waals surface area contributed by atoms with E-state index in [2.05, 4.69) is 0 Å². The molecule has 0 aromatic heterocycles. The summed E-state index contributed by atoms with van der Waals surface area (Å²) in [5.74, 6) is 1.63. The minimum atomic E-state index is -0.473. The second-order valence-corrected chi connectivity index (χ2v) is 5.59. The van der Waals surface area contributed by atoms with Crippen molar-refractivity contribution in [1.82, 2.24) is 0 Å². The molecular weight excluding hydrogens is 324 g/mol. The molecule has 6 heteroatoms. The van der Waals surface area contributed by atoms with Gasteiger partial charge in [0, 0.05) is 5.56 Å². The first-order valence-electron chi connectivity index (χ1n) is 7.90. The molecule has 1 aliphatic rings. The number of hydrogen-bond acceptors (Lipinski definition) is 6. The van der Waals surface area contributed by atoms with Crippen molar-refractivity contribution in [3.63, 3.8) is 0 Å². The van der Waals surface area contributed by atoms with Crippen LogP contribution in [0.3, 0.4) is 0 Å². The number of hydrogen-bond donors (Lipinski definition) is 0. The van der Waals surface area contributed by atoms with Crippen molar-refractivity contribution in [2.24, 2.45) is 0 Å². The molecular formula is C19H20O6. The molecule has 0 radical (unpaired) electrons. The lowest BCUT2D eigenvalue weighted by Gasteiger charge is -2.21. The number of rotatable bonds is 5. The third kappa shape index (κ3) is 3.63. The monoisotopic (exact) mass is 344 g/mol. The maximum atomic E-state index is 12.4. The number of esters is 1. The van der Waals surface area contributed by atoms with E-state index < -0.39 is 5.97 Å². The van der Waals surface area contributed by atoms with Gasteiger partial charge >= 0.3 is 5.97 Å². The maximum absolute atomic E-state index is 12.4. The Hall–Kier alpha value is -2.89. The van der Waals surface area contributed by atoms with Crippen LogP contribution in [0.2, 0.25) is 0 Å². The van der Waals surface area contributed by atoms with Crippen molar-refractivity contribution in [1.29, 1.82) is 0 Å². The summed E-state index contributed by atoms with van der Waals surface area (Å²) in [5, 5.41) is 0. The predicted octanol–water partition coefficient (Wildman–Crippen LogP) is 3.14. The number of aryl methyl sites for hydroxylation is 1. The summed E-state index contributed by atoms with van der Waals surface area (Å²) in [7, 11) is 3.10. The van der Waals surface area contributed by atoms with Crippen LogP contribution in [0, 0.1) is 6.92 Å². The van der Waals surface area contributed by atoms with E-state index in [1.165, 1.54) is 7.11 Å². The van der Waals surface area contributed by atoms with Crippen molar-refractivity contribution in [2.75, 3.05) is 27.4 Å². The van der Waals surface area contributed by atoms with E-state index in [1.807, 2.05) is 25.1 Å². The highest BCUT2D eigenvalue weighted by Crippen LogP contribution is 2.40. The van der Waals surface area contributed by atoms with Gasteiger partial charge < -0.3 is 23.7 Å². The molecule has 0 saturated carbocycles. The van der Waals surface area contributed by atoms with E-state index in [0.717, 1.165) is 11.1 Å². The van der Waals surface area contributed by atoms with Crippen LogP contribution in [0.5, 0.6) is 23.0 Å². The van der Waals surface area contributed by atoms with Crippen molar-refractivity contribution >= 4 is 5.97 Å². The lowest BCUT2D eigenvalue weighted by molar-refractivity contribution is 0.0468. The molecule has 2 aromatic carbocycles. The van der Waals surface area contributed by atoms with Crippen LogP contribution in [-0.4, -0.2) is 33.4 Å². The van der Waals surface area contributed by atoms with Crippen LogP contribution in [0.1, 0.15) is 21.5 Å². The molecule has 25 heavy (non-hydrogen) atoms. The van der Waals surface area contributed by atoms with E-state index in [-0.39, 0.29) is 6.61 Å². The summed E-state index contributed by atoms with van der Waals surface area (Å²) in [5.41, 5.74) is 2.21. The van der Waals surface area contributed by atoms with Gasteiger partial charge in [-0.3, -0.25) is 0 Å². The normalized spacial score (nSPS) is 12.4. The summed E-state index contributed by atoms with van der Waals surface area (Å²) in [6.45, 7) is 2.95. The highest BCUT2D eigenvalue weighted by Gasteiger charge is 2.21. The predicted molar refractivity (Wildman–Crippen MR) is 90.8 cm³/mol. The molecule has 3 rings (SSSR count). The molecule has 0 N–H and O–H groups in total. The average Bonchev–Trinajstić information content (AvgIpc) is 2.65. The van der Waals surface area contributed by atoms with Crippen molar-refractivity contribution in [3.05, 3.63) is 47.0 Å². The van der Waals surface area contributed by atoms with Gasteiger partial charge in [0.25, 0.3) is 0 Å². The van der Waals surface area contributed by atoms with Gasteiger partial charge in [0.2, 0.25) is 5.75 Å². The smallest absolute Gasteiger partial charge is 0.338 e. The van der Waals surface area contributed by atoms with Gasteiger partial charge in [0.05, 0.1) is 19.8 Å². The van der Waals surface area contributed by atoms with E-state index >= 15 is 0 Å². The lowest BCUT2D eigenvalue weighted by atomic mass is 10.1. The summed E-state index contributed by atoms with van der Waals surface area (Å²) < 4.78 is 27.1. The molecule has 0 amide bonds. The Kier molecular flexibility index (Phi) is 4.97. The van der Waals surface area contributed by atoms with Gasteiger partial charge in [-0.05, 0) is 31.2 Å². The highest BCUT2D eigenvalue weighted by molar-refractivity contribution is 5.91. The van der Waals surface area contributed by atoms with Crippen LogP contribution >= 0.6 is 0 Å². The van der Waals surface area contributed by atoms with Gasteiger partial charge in [-0.25, -0.2) is 4.79 Å². The van der Waals surface area contributed by atoms with Gasteiger partial charge in [0.15, 0.2) is 11.5 Å². The van der Waals surface area contributed by atoms with Gasteiger partial charge in [0.1, 0.15) is 25.6 Å². The quantitative estimate of drug-likeness (QED) is 0.777. The Labute approximate surface area is 146 Å². The van der Waals surface area contributed by atoms with Gasteiger partial charge in [-0.15, -0.1) is 0 Å². The van der Waals surface area contributed by atoms with E-state index in [4.69, 9.17) is 23.7 Å². The Morgan fingerprint density at radius 1 is 1.04 bits per heavy atom. The average molecular weight is 344 g/mol. The highest BCUT2D eigenvalue weighted by atomic mass is 16.6. The molecule has 0 saturated heterocycles. The molecule has 1 heterocycles. The SMILES string of the molecule is COc1ccc(C)cc1COC(=O)c1cc(OC)c2c(c1)OCCO2. The number of ether oxygens (including phenoxy) is 5. The number of methoxy groups -OCH3 is 2. The third-order valence-electron chi connectivity index (χ3n) is 3.86. The first-order chi connectivity index (χ1) is 12.1. The first-order valence-corrected chi connectivity index (χ1v) is 7.90. The summed E-state index contributed by atoms with van der Waals surface area (Å²) in [6.07, 6.45) is 0. The fraction of sp³-hybridized carbons (Fsp3) is 0.316. The third-order valence-corrected chi connectivity index (χ3v) is 3.86. The Morgan fingerprint density at radius 2 is 1.80 bits per heavy atom. The largest absolute Gasteiger partial charge is 0.496 e. The molecule has 0 spiro atoms. The summed E-state index contributed by atoms with van der Waals surface area (Å²) in [6, 6.07) is 8.91. The zero-order valence-electron chi connectivity index (χ0n) is 14.5. The van der Waals surface area contributed by atoms with Gasteiger partial charge in [-0.2, -0.15) is 0 Å². The van der Waals surface area contributed by atoms with Crippen LogP contribution in [0.25, 0.3) is 0 Å². The number of carbonyl (C=O) groups excluding carboxylic acids is 1. The number of benzene rings is 2. The molecule has 2 aromatic rings. The lowest BCUT2D eigenvalue weighted by Crippen LogP contribution is -2.17. The number of carbonyl (C=O) groups is 1. The van der Waals surface area contributed by atoms with Crippen LogP contribution in [0.4, 0.5) is 0 Å². The zero-order chi connectivity index (χ0) is 17.8. The number of fused-ring (bicyclic) bond motifs is 1. The minimum Gasteiger partial charge on any atom is -0.496 e. The maximum Gasteiger partial charge on any atom is 0.338 e. The Balaban J connectivity index is 1.79. The molecule has 0 atom stereocenters. The van der Waals surface area contributed by atoms with E-state index in [0.29, 0.717) is 41.8 Å². The van der Waals surface area contributed by atoms with Crippen LogP contribution in [-0.2, 0) is 11.3 Å². The molecule has 1 aliphatic heterocycles. The van der Waals surface area contributed by atoms with Gasteiger partial charge in [-0.1, -0.05) is 11.6 Å². The van der Waals surface area contributed by atoms with E-state index in [9.17, 15) is 4.79 Å². The fourth-order valence-electron chi connectivity index (χ4n) is 2.64. The molecule has 6 nitrogen and oxygen atoms in total. The topological polar surface area (TPSA) is 63.2 Å². The Morgan fingerprint density at radius 3 is 2.56 bits per heavy atom. The molecule has 0 bridgehead atoms. The van der Waals surface area contributed by atoms with Crippen LogP contribution in [0.15, 0.2) is 30.3 Å². The second-order valence-electron chi connectivity index (χ2n) is 5.59. The standard InChI is InChI=1S/C19H20O6/c1-12-4-5-15(21-2)14(8-12)11-25-19(20)13-9-16(22-3)18-17(10-13)23-6-7-24-18/h4-5,8-10H,6-7,11H2,1-3H3. The molecule has 0 unspecified atom stereocenters. The Bertz CT molecular complexity index is 766. The molecule has 0 aliphatic carbocycles. The minimum absolute atomic E-state index is 0.112. The van der Waals surface area contributed by atoms with Crippen molar-refractivity contribution < 1.29 is 28.5 Å².